The van der Waals surface area contributed by atoms with Crippen LogP contribution in [0.2, 0.25) is 0 Å². The van der Waals surface area contributed by atoms with Gasteiger partial charge in [0.25, 0.3) is 0 Å². The highest BCUT2D eigenvalue weighted by Gasteiger charge is 2.18. The van der Waals surface area contributed by atoms with Gasteiger partial charge < -0.3 is 10.2 Å². The molecule has 0 atom stereocenters. The highest BCUT2D eigenvalue weighted by Crippen LogP contribution is 2.29. The summed E-state index contributed by atoms with van der Waals surface area (Å²) in [5.41, 5.74) is 3.15. The van der Waals surface area contributed by atoms with Gasteiger partial charge in [-0.1, -0.05) is 0 Å². The van der Waals surface area contributed by atoms with Crippen molar-refractivity contribution in [1.82, 2.24) is 19.7 Å². The van der Waals surface area contributed by atoms with Crippen molar-refractivity contribution in [3.63, 3.8) is 0 Å². The topological polar surface area (TPSA) is 118 Å². The third-order valence-corrected chi connectivity index (χ3v) is 3.83. The van der Waals surface area contributed by atoms with Gasteiger partial charge in [0.05, 0.1) is 5.52 Å². The van der Waals surface area contributed by atoms with E-state index < -0.39 is 5.97 Å². The number of ketones is 1. The summed E-state index contributed by atoms with van der Waals surface area (Å²) in [6.07, 6.45) is 3.18. The Bertz CT molecular complexity index is 976. The van der Waals surface area contributed by atoms with Gasteiger partial charge in [-0.3, -0.25) is 14.3 Å². The number of benzene rings is 1. The molecule has 2 aromatic heterocycles. The number of aliphatic hydroxyl groups excluding tert-OH is 1. The predicted molar refractivity (Wildman–Crippen MR) is 89.1 cm³/mol. The number of carboxylic acid groups (broad SMARTS) is 1. The van der Waals surface area contributed by atoms with Crippen LogP contribution < -0.4 is 0 Å². The zero-order valence-electron chi connectivity index (χ0n) is 13.7. The molecule has 3 rings (SSSR count). The molecule has 0 bridgehead atoms. The summed E-state index contributed by atoms with van der Waals surface area (Å²) in [4.78, 5) is 31.1. The number of nitrogens with zero attached hydrogens (tertiary/aromatic N) is 4. The van der Waals surface area contributed by atoms with Crippen LogP contribution in [0.5, 0.6) is 0 Å². The van der Waals surface area contributed by atoms with Crippen molar-refractivity contribution in [3.05, 3.63) is 41.6 Å². The standard InChI is InChI=1S/C17H16N4O4/c1-9-3-11(12-5-18-14(8-22)19-6-12)4-13-16(10(2)23)20-21(17(9)13)7-15(24)25/h3-6,22H,7-8H2,1-2H3,(H,24,25). The van der Waals surface area contributed by atoms with Gasteiger partial charge in [-0.05, 0) is 30.2 Å². The lowest BCUT2D eigenvalue weighted by Gasteiger charge is -2.07. The fraction of sp³-hybridized carbons (Fsp3) is 0.235. The molecule has 2 heterocycles. The molecule has 0 amide bonds. The first-order chi connectivity index (χ1) is 11.9. The predicted octanol–water partition coefficient (Wildman–Crippen LogP) is 1.58. The SMILES string of the molecule is CC(=O)c1nn(CC(=O)O)c2c(C)cc(-c3cnc(CO)nc3)cc12. The Kier molecular flexibility index (Phi) is 4.28. The number of aromatic nitrogens is 4. The van der Waals surface area contributed by atoms with Crippen molar-refractivity contribution in [3.8, 4) is 11.1 Å². The average molecular weight is 340 g/mol. The second kappa shape index (κ2) is 6.40. The molecule has 0 fully saturated rings. The molecule has 0 radical (unpaired) electrons. The minimum absolute atomic E-state index is 0.231. The highest BCUT2D eigenvalue weighted by atomic mass is 16.4. The Labute approximate surface area is 142 Å². The van der Waals surface area contributed by atoms with Gasteiger partial charge in [0.2, 0.25) is 0 Å². The molecule has 8 heteroatoms. The average Bonchev–Trinajstić information content (AvgIpc) is 2.93. The number of hydrogen-bond acceptors (Lipinski definition) is 6. The molecule has 2 N–H and O–H groups in total. The second-order valence-electron chi connectivity index (χ2n) is 5.69. The van der Waals surface area contributed by atoms with Crippen LogP contribution >= 0.6 is 0 Å². The van der Waals surface area contributed by atoms with E-state index in [0.29, 0.717) is 16.7 Å². The van der Waals surface area contributed by atoms with E-state index >= 15 is 0 Å². The van der Waals surface area contributed by atoms with Crippen LogP contribution in [-0.4, -0.2) is 41.7 Å². The van der Waals surface area contributed by atoms with Crippen LogP contribution in [0.15, 0.2) is 24.5 Å². The van der Waals surface area contributed by atoms with Crippen molar-refractivity contribution in [2.24, 2.45) is 0 Å². The molecule has 8 nitrogen and oxygen atoms in total. The van der Waals surface area contributed by atoms with E-state index in [9.17, 15) is 9.59 Å². The van der Waals surface area contributed by atoms with Gasteiger partial charge in [0.15, 0.2) is 11.6 Å². The van der Waals surface area contributed by atoms with Crippen LogP contribution in [0, 0.1) is 6.92 Å². The number of rotatable bonds is 5. The number of aryl methyl sites for hydroxylation is 1. The van der Waals surface area contributed by atoms with Crippen molar-refractivity contribution < 1.29 is 19.8 Å². The van der Waals surface area contributed by atoms with E-state index in [1.807, 2.05) is 13.0 Å². The molecule has 0 aliphatic rings. The number of aliphatic carboxylic acids is 1. The number of Topliss-reactive ketones (excluding diaryl/α,β-unsaturated/α-hetero) is 1. The molecule has 1 aromatic carbocycles. The summed E-state index contributed by atoms with van der Waals surface area (Å²) in [7, 11) is 0. The smallest absolute Gasteiger partial charge is 0.325 e. The Hall–Kier alpha value is -3.13. The highest BCUT2D eigenvalue weighted by molar-refractivity contribution is 6.06. The number of aliphatic hydroxyl groups is 1. The van der Waals surface area contributed by atoms with E-state index in [4.69, 9.17) is 10.2 Å². The Morgan fingerprint density at radius 3 is 2.40 bits per heavy atom. The molecule has 0 spiro atoms. The first-order valence-corrected chi connectivity index (χ1v) is 7.56. The van der Waals surface area contributed by atoms with Crippen molar-refractivity contribution in [1.29, 1.82) is 0 Å². The lowest BCUT2D eigenvalue weighted by Crippen LogP contribution is -2.11. The van der Waals surface area contributed by atoms with Gasteiger partial charge in [0, 0.05) is 30.3 Å². The molecule has 0 saturated heterocycles. The number of carbonyl (C=O) groups is 2. The fourth-order valence-corrected chi connectivity index (χ4v) is 2.78. The van der Waals surface area contributed by atoms with E-state index in [0.717, 1.165) is 16.7 Å². The summed E-state index contributed by atoms with van der Waals surface area (Å²) in [6, 6.07) is 3.64. The van der Waals surface area contributed by atoms with Gasteiger partial charge >= 0.3 is 5.97 Å². The molecule has 0 aliphatic heterocycles. The van der Waals surface area contributed by atoms with Crippen LogP contribution in [0.1, 0.15) is 28.8 Å². The van der Waals surface area contributed by atoms with Crippen LogP contribution in [0.4, 0.5) is 0 Å². The number of carbonyl (C=O) groups excluding carboxylic acids is 1. The van der Waals surface area contributed by atoms with Gasteiger partial charge in [-0.25, -0.2) is 9.97 Å². The first-order valence-electron chi connectivity index (χ1n) is 7.56. The molecule has 25 heavy (non-hydrogen) atoms. The lowest BCUT2D eigenvalue weighted by molar-refractivity contribution is -0.137. The Morgan fingerprint density at radius 1 is 1.16 bits per heavy atom. The van der Waals surface area contributed by atoms with Crippen LogP contribution in [-0.2, 0) is 17.9 Å². The molecular formula is C17H16N4O4. The van der Waals surface area contributed by atoms with E-state index in [-0.39, 0.29) is 24.6 Å². The third kappa shape index (κ3) is 3.11. The quantitative estimate of drug-likeness (QED) is 0.677. The second-order valence-corrected chi connectivity index (χ2v) is 5.69. The van der Waals surface area contributed by atoms with Crippen LogP contribution in [0.3, 0.4) is 0 Å². The molecule has 3 aromatic rings. The van der Waals surface area contributed by atoms with Crippen LogP contribution in [0.25, 0.3) is 22.0 Å². The maximum Gasteiger partial charge on any atom is 0.325 e. The monoisotopic (exact) mass is 340 g/mol. The summed E-state index contributed by atoms with van der Waals surface area (Å²) in [6.45, 7) is 2.67. The van der Waals surface area contributed by atoms with Crippen molar-refractivity contribution in [2.75, 3.05) is 0 Å². The summed E-state index contributed by atoms with van der Waals surface area (Å²) in [5.74, 6) is -0.950. The minimum atomic E-state index is -1.03. The molecule has 0 unspecified atom stereocenters. The summed E-state index contributed by atoms with van der Waals surface area (Å²) < 4.78 is 1.33. The molecule has 0 saturated carbocycles. The Balaban J connectivity index is 2.21. The molecular weight excluding hydrogens is 324 g/mol. The summed E-state index contributed by atoms with van der Waals surface area (Å²) in [5, 5.41) is 22.9. The normalized spacial score (nSPS) is 11.0. The van der Waals surface area contributed by atoms with Gasteiger partial charge in [0.1, 0.15) is 18.8 Å². The number of carboxylic acids is 1. The number of hydrogen-bond donors (Lipinski definition) is 2. The van der Waals surface area contributed by atoms with Crippen molar-refractivity contribution >= 4 is 22.7 Å². The Morgan fingerprint density at radius 2 is 1.84 bits per heavy atom. The minimum Gasteiger partial charge on any atom is -0.480 e. The number of fused-ring (bicyclic) bond motifs is 1. The summed E-state index contributed by atoms with van der Waals surface area (Å²) >= 11 is 0. The largest absolute Gasteiger partial charge is 0.480 e. The maximum atomic E-state index is 11.9. The zero-order chi connectivity index (χ0) is 18.1. The van der Waals surface area contributed by atoms with Gasteiger partial charge in [-0.2, -0.15) is 5.10 Å². The molecule has 128 valence electrons. The first kappa shape index (κ1) is 16.7. The fourth-order valence-electron chi connectivity index (χ4n) is 2.78. The zero-order valence-corrected chi connectivity index (χ0v) is 13.7. The third-order valence-electron chi connectivity index (χ3n) is 3.83. The molecule has 0 aliphatic carbocycles. The van der Waals surface area contributed by atoms with Gasteiger partial charge in [-0.15, -0.1) is 0 Å². The van der Waals surface area contributed by atoms with E-state index in [2.05, 4.69) is 15.1 Å². The van der Waals surface area contributed by atoms with E-state index in [1.165, 1.54) is 11.6 Å². The van der Waals surface area contributed by atoms with Crippen molar-refractivity contribution in [2.45, 2.75) is 27.0 Å². The van der Waals surface area contributed by atoms with E-state index in [1.54, 1.807) is 18.5 Å². The maximum absolute atomic E-state index is 11.9. The lowest BCUT2D eigenvalue weighted by atomic mass is 10.0.